The molecule has 1 saturated heterocycles. The molecule has 1 aliphatic rings. The number of halogens is 2. The highest BCUT2D eigenvalue weighted by atomic mass is 19.1. The molecule has 1 fully saturated rings. The molecule has 1 atom stereocenters. The van der Waals surface area contributed by atoms with E-state index in [9.17, 15) is 8.78 Å². The lowest BCUT2D eigenvalue weighted by Crippen LogP contribution is -2.13. The van der Waals surface area contributed by atoms with Crippen molar-refractivity contribution in [2.75, 3.05) is 6.54 Å². The lowest BCUT2D eigenvalue weighted by molar-refractivity contribution is 0.394. The molecule has 0 radical (unpaired) electrons. The maximum Gasteiger partial charge on any atom is 0.187 e. The number of aromatic hydroxyl groups is 1. The van der Waals surface area contributed by atoms with Crippen LogP contribution in [0.1, 0.15) is 24.4 Å². The number of hydrogen-bond donors (Lipinski definition) is 2. The number of nitrogens with one attached hydrogen (secondary N) is 1. The molecule has 1 aromatic rings. The molecule has 0 amide bonds. The summed E-state index contributed by atoms with van der Waals surface area (Å²) in [4.78, 5) is 0. The fraction of sp³-hybridized carbons (Fsp3) is 0.400. The predicted molar refractivity (Wildman–Crippen MR) is 48.0 cm³/mol. The van der Waals surface area contributed by atoms with E-state index >= 15 is 0 Å². The third-order valence-corrected chi connectivity index (χ3v) is 2.50. The number of phenolic OH excluding ortho intramolecular Hbond substituents is 1. The molecule has 0 unspecified atom stereocenters. The molecule has 2 nitrogen and oxygen atoms in total. The van der Waals surface area contributed by atoms with Crippen LogP contribution < -0.4 is 5.32 Å². The third kappa shape index (κ3) is 1.57. The van der Waals surface area contributed by atoms with Gasteiger partial charge in [0.15, 0.2) is 17.4 Å². The van der Waals surface area contributed by atoms with E-state index in [2.05, 4.69) is 5.32 Å². The van der Waals surface area contributed by atoms with E-state index in [4.69, 9.17) is 5.11 Å². The largest absolute Gasteiger partial charge is 0.503 e. The van der Waals surface area contributed by atoms with Crippen LogP contribution in [-0.4, -0.2) is 11.7 Å². The molecule has 1 aliphatic heterocycles. The summed E-state index contributed by atoms with van der Waals surface area (Å²) in [5, 5.41) is 12.0. The van der Waals surface area contributed by atoms with Gasteiger partial charge in [-0.2, -0.15) is 0 Å². The second-order valence-corrected chi connectivity index (χ2v) is 3.48. The SMILES string of the molecule is Oc1c(F)cc([C@@H]2CCCN2)cc1F. The zero-order valence-corrected chi connectivity index (χ0v) is 7.56. The maximum atomic E-state index is 13.0. The summed E-state index contributed by atoms with van der Waals surface area (Å²) >= 11 is 0. The lowest BCUT2D eigenvalue weighted by Gasteiger charge is -2.11. The Labute approximate surface area is 80.6 Å². The Hall–Kier alpha value is -1.16. The first-order valence-corrected chi connectivity index (χ1v) is 4.60. The molecule has 2 N–H and O–H groups in total. The van der Waals surface area contributed by atoms with E-state index in [-0.39, 0.29) is 6.04 Å². The standard InChI is InChI=1S/C10H11F2NO/c11-7-4-6(5-8(12)10(7)14)9-2-1-3-13-9/h4-5,9,13-14H,1-3H2/t9-/m0/s1. The Morgan fingerprint density at radius 3 is 2.43 bits per heavy atom. The average molecular weight is 199 g/mol. The molecule has 0 bridgehead atoms. The minimum atomic E-state index is -0.897. The van der Waals surface area contributed by atoms with E-state index in [0.29, 0.717) is 5.56 Å². The smallest absolute Gasteiger partial charge is 0.187 e. The number of hydrogen-bond acceptors (Lipinski definition) is 2. The molecule has 76 valence electrons. The van der Waals surface area contributed by atoms with E-state index in [1.54, 1.807) is 0 Å². The zero-order chi connectivity index (χ0) is 10.1. The van der Waals surface area contributed by atoms with Gasteiger partial charge in [0, 0.05) is 6.04 Å². The van der Waals surface area contributed by atoms with Crippen molar-refractivity contribution in [3.63, 3.8) is 0 Å². The molecular formula is C10H11F2NO. The molecule has 1 heterocycles. The van der Waals surface area contributed by atoms with Crippen molar-refractivity contribution in [1.29, 1.82) is 0 Å². The van der Waals surface area contributed by atoms with Crippen LogP contribution in [0.2, 0.25) is 0 Å². The van der Waals surface area contributed by atoms with Crippen molar-refractivity contribution >= 4 is 0 Å². The summed E-state index contributed by atoms with van der Waals surface area (Å²) in [6.07, 6.45) is 1.89. The first-order chi connectivity index (χ1) is 6.68. The highest BCUT2D eigenvalue weighted by Gasteiger charge is 2.19. The number of benzene rings is 1. The highest BCUT2D eigenvalue weighted by Crippen LogP contribution is 2.28. The van der Waals surface area contributed by atoms with Gasteiger partial charge in [0.1, 0.15) is 0 Å². The van der Waals surface area contributed by atoms with Crippen LogP contribution in [0.4, 0.5) is 8.78 Å². The first-order valence-electron chi connectivity index (χ1n) is 4.60. The Kier molecular flexibility index (Phi) is 2.37. The molecule has 0 aromatic heterocycles. The van der Waals surface area contributed by atoms with E-state index in [0.717, 1.165) is 19.4 Å². The molecule has 4 heteroatoms. The summed E-state index contributed by atoms with van der Waals surface area (Å²) < 4.78 is 26.0. The second kappa shape index (κ2) is 3.53. The van der Waals surface area contributed by atoms with E-state index < -0.39 is 17.4 Å². The molecule has 2 rings (SSSR count). The number of rotatable bonds is 1. The van der Waals surface area contributed by atoms with Gasteiger partial charge >= 0.3 is 0 Å². The molecule has 1 aromatic carbocycles. The Bertz CT molecular complexity index is 325. The van der Waals surface area contributed by atoms with Gasteiger partial charge in [-0.3, -0.25) is 0 Å². The van der Waals surface area contributed by atoms with Crippen LogP contribution >= 0.6 is 0 Å². The van der Waals surface area contributed by atoms with Gasteiger partial charge in [-0.25, -0.2) is 8.78 Å². The van der Waals surface area contributed by atoms with Crippen molar-refractivity contribution in [3.8, 4) is 5.75 Å². The van der Waals surface area contributed by atoms with Gasteiger partial charge < -0.3 is 10.4 Å². The molecule has 0 spiro atoms. The third-order valence-electron chi connectivity index (χ3n) is 2.50. The van der Waals surface area contributed by atoms with Crippen molar-refractivity contribution in [3.05, 3.63) is 29.3 Å². The van der Waals surface area contributed by atoms with Crippen LogP contribution in [0.3, 0.4) is 0 Å². The topological polar surface area (TPSA) is 32.3 Å². The average Bonchev–Trinajstić information content (AvgIpc) is 2.66. The van der Waals surface area contributed by atoms with Crippen LogP contribution in [-0.2, 0) is 0 Å². The van der Waals surface area contributed by atoms with Crippen LogP contribution in [0, 0.1) is 11.6 Å². The highest BCUT2D eigenvalue weighted by molar-refractivity contribution is 5.32. The van der Waals surface area contributed by atoms with Gasteiger partial charge in [-0.1, -0.05) is 0 Å². The van der Waals surface area contributed by atoms with Crippen molar-refractivity contribution in [2.45, 2.75) is 18.9 Å². The maximum absolute atomic E-state index is 13.0. The zero-order valence-electron chi connectivity index (χ0n) is 7.56. The summed E-state index contributed by atoms with van der Waals surface area (Å²) in [6.45, 7) is 0.870. The van der Waals surface area contributed by atoms with Crippen molar-refractivity contribution < 1.29 is 13.9 Å². The fourth-order valence-corrected chi connectivity index (χ4v) is 1.76. The van der Waals surface area contributed by atoms with Crippen LogP contribution in [0.25, 0.3) is 0 Å². The van der Waals surface area contributed by atoms with E-state index in [1.165, 1.54) is 12.1 Å². The normalized spacial score (nSPS) is 21.4. The monoisotopic (exact) mass is 199 g/mol. The minimum absolute atomic E-state index is 0.0135. The van der Waals surface area contributed by atoms with Crippen molar-refractivity contribution in [2.24, 2.45) is 0 Å². The predicted octanol–water partition coefficient (Wildman–Crippen LogP) is 2.09. The molecule has 0 aliphatic carbocycles. The summed E-state index contributed by atoms with van der Waals surface area (Å²) in [5.74, 6) is -2.69. The summed E-state index contributed by atoms with van der Waals surface area (Å²) in [7, 11) is 0. The second-order valence-electron chi connectivity index (χ2n) is 3.48. The van der Waals surface area contributed by atoms with Crippen molar-refractivity contribution in [1.82, 2.24) is 5.32 Å². The summed E-state index contributed by atoms with van der Waals surface area (Å²) in [6, 6.07) is 2.38. The molecule has 0 saturated carbocycles. The van der Waals surface area contributed by atoms with Gasteiger partial charge in [0.25, 0.3) is 0 Å². The Morgan fingerprint density at radius 1 is 1.29 bits per heavy atom. The van der Waals surface area contributed by atoms with Crippen LogP contribution in [0.5, 0.6) is 5.75 Å². The summed E-state index contributed by atoms with van der Waals surface area (Å²) in [5.41, 5.74) is 0.565. The first kappa shape index (κ1) is 9.40. The fourth-order valence-electron chi connectivity index (χ4n) is 1.76. The van der Waals surface area contributed by atoms with Gasteiger partial charge in [0.05, 0.1) is 0 Å². The minimum Gasteiger partial charge on any atom is -0.503 e. The lowest BCUT2D eigenvalue weighted by atomic mass is 10.0. The van der Waals surface area contributed by atoms with Gasteiger partial charge in [-0.15, -0.1) is 0 Å². The Morgan fingerprint density at radius 2 is 1.93 bits per heavy atom. The van der Waals surface area contributed by atoms with Gasteiger partial charge in [0.2, 0.25) is 0 Å². The van der Waals surface area contributed by atoms with E-state index in [1.807, 2.05) is 0 Å². The number of phenols is 1. The quantitative estimate of drug-likeness (QED) is 0.725. The van der Waals surface area contributed by atoms with Gasteiger partial charge in [-0.05, 0) is 37.1 Å². The Balaban J connectivity index is 2.34. The molecule has 14 heavy (non-hydrogen) atoms. The molecular weight excluding hydrogens is 188 g/mol. The van der Waals surface area contributed by atoms with Crippen LogP contribution in [0.15, 0.2) is 12.1 Å².